The first-order valence-corrected chi connectivity index (χ1v) is 6.88. The number of rotatable bonds is 4. The summed E-state index contributed by atoms with van der Waals surface area (Å²) < 4.78 is 26.0. The molecule has 6 nitrogen and oxygen atoms in total. The van der Waals surface area contributed by atoms with Gasteiger partial charge in [0.2, 0.25) is 10.0 Å². The second-order valence-corrected chi connectivity index (χ2v) is 5.43. The fraction of sp³-hybridized carbons (Fsp3) is 0.250. The predicted octanol–water partition coefficient (Wildman–Crippen LogP) is 0.230. The number of hydrogen-bond donors (Lipinski definition) is 3. The second-order valence-electron chi connectivity index (χ2n) is 3.72. The van der Waals surface area contributed by atoms with Gasteiger partial charge in [-0.1, -0.05) is 5.92 Å². The van der Waals surface area contributed by atoms with Crippen molar-refractivity contribution >= 4 is 15.9 Å². The van der Waals surface area contributed by atoms with E-state index in [1.165, 1.54) is 24.5 Å². The van der Waals surface area contributed by atoms with Crippen LogP contribution in [0.4, 0.5) is 0 Å². The molecule has 1 aromatic carbocycles. The molecule has 19 heavy (non-hydrogen) atoms. The zero-order valence-corrected chi connectivity index (χ0v) is 11.3. The number of carbonyl (C=O) groups excluding carboxylic acids is 1. The molecule has 0 saturated heterocycles. The minimum atomic E-state index is -3.82. The molecule has 3 N–H and O–H groups in total. The lowest BCUT2D eigenvalue weighted by Gasteiger charge is -2.12. The summed E-state index contributed by atoms with van der Waals surface area (Å²) in [6.45, 7) is 3.00. The van der Waals surface area contributed by atoms with Crippen LogP contribution >= 0.6 is 0 Å². The highest BCUT2D eigenvalue weighted by molar-refractivity contribution is 7.89. The van der Waals surface area contributed by atoms with E-state index in [0.717, 1.165) is 0 Å². The van der Waals surface area contributed by atoms with Crippen LogP contribution in [0.1, 0.15) is 19.4 Å². The van der Waals surface area contributed by atoms with Gasteiger partial charge < -0.3 is 0 Å². The highest BCUT2D eigenvalue weighted by atomic mass is 32.2. The lowest BCUT2D eigenvalue weighted by atomic mass is 10.2. The maximum absolute atomic E-state index is 11.9. The molecule has 1 aromatic rings. The Kier molecular flexibility index (Phi) is 5.06. The van der Waals surface area contributed by atoms with Gasteiger partial charge in [-0.3, -0.25) is 10.0 Å². The normalized spacial score (nSPS) is 12.2. The highest BCUT2D eigenvalue weighted by Crippen LogP contribution is 2.10. The van der Waals surface area contributed by atoms with Crippen molar-refractivity contribution in [3.8, 4) is 11.8 Å². The Labute approximate surface area is 111 Å². The third-order valence-corrected chi connectivity index (χ3v) is 3.83. The van der Waals surface area contributed by atoms with Gasteiger partial charge in [-0.05, 0) is 38.1 Å². The van der Waals surface area contributed by atoms with Gasteiger partial charge in [0.1, 0.15) is 6.04 Å². The molecule has 0 bridgehead atoms. The van der Waals surface area contributed by atoms with E-state index in [-0.39, 0.29) is 4.90 Å². The fourth-order valence-corrected chi connectivity index (χ4v) is 2.52. The number of benzene rings is 1. The molecule has 0 saturated carbocycles. The number of amides is 1. The monoisotopic (exact) mass is 282 g/mol. The van der Waals surface area contributed by atoms with Gasteiger partial charge in [0, 0.05) is 5.56 Å². The SMILES string of the molecule is CC#Cc1ccc(S(=O)(=O)N[C@H](C)C(=O)NO)cc1. The Morgan fingerprint density at radius 1 is 1.32 bits per heavy atom. The Balaban J connectivity index is 2.93. The van der Waals surface area contributed by atoms with E-state index in [1.54, 1.807) is 19.1 Å². The number of carbonyl (C=O) groups is 1. The largest absolute Gasteiger partial charge is 0.289 e. The standard InChI is InChI=1S/C12H14N2O4S/c1-3-4-10-5-7-11(8-6-10)19(17,18)14-9(2)12(15)13-16/h5-9,14,16H,1-2H3,(H,13,15)/t9-/m1/s1. The summed E-state index contributed by atoms with van der Waals surface area (Å²) in [5.74, 6) is 4.66. The summed E-state index contributed by atoms with van der Waals surface area (Å²) >= 11 is 0. The van der Waals surface area contributed by atoms with Gasteiger partial charge in [-0.2, -0.15) is 4.72 Å². The fourth-order valence-electron chi connectivity index (χ4n) is 1.31. The first kappa shape index (κ1) is 15.2. The van der Waals surface area contributed by atoms with Crippen molar-refractivity contribution < 1.29 is 18.4 Å². The van der Waals surface area contributed by atoms with Crippen molar-refractivity contribution in [2.45, 2.75) is 24.8 Å². The smallest absolute Gasteiger partial charge is 0.261 e. The van der Waals surface area contributed by atoms with Crippen LogP contribution in [-0.2, 0) is 14.8 Å². The van der Waals surface area contributed by atoms with Crippen LogP contribution in [0.15, 0.2) is 29.2 Å². The van der Waals surface area contributed by atoms with Gasteiger partial charge in [-0.15, -0.1) is 5.92 Å². The molecular weight excluding hydrogens is 268 g/mol. The molecule has 0 aliphatic heterocycles. The Morgan fingerprint density at radius 2 is 1.89 bits per heavy atom. The summed E-state index contributed by atoms with van der Waals surface area (Å²) in [5.41, 5.74) is 2.08. The van der Waals surface area contributed by atoms with E-state index in [1.807, 2.05) is 0 Å². The maximum atomic E-state index is 11.9. The van der Waals surface area contributed by atoms with Crippen LogP contribution in [0.3, 0.4) is 0 Å². The summed E-state index contributed by atoms with van der Waals surface area (Å²) in [6, 6.07) is 4.85. The van der Waals surface area contributed by atoms with E-state index in [0.29, 0.717) is 5.56 Å². The molecule has 1 rings (SSSR count). The predicted molar refractivity (Wildman–Crippen MR) is 68.7 cm³/mol. The average molecular weight is 282 g/mol. The Hall–Kier alpha value is -1.88. The number of hydrogen-bond acceptors (Lipinski definition) is 4. The van der Waals surface area contributed by atoms with Crippen LogP contribution in [-0.4, -0.2) is 25.6 Å². The third kappa shape index (κ3) is 4.06. The van der Waals surface area contributed by atoms with Crippen molar-refractivity contribution in [2.75, 3.05) is 0 Å². The van der Waals surface area contributed by atoms with E-state index in [2.05, 4.69) is 16.6 Å². The lowest BCUT2D eigenvalue weighted by Crippen LogP contribution is -2.43. The lowest BCUT2D eigenvalue weighted by molar-refractivity contribution is -0.130. The number of hydroxylamine groups is 1. The maximum Gasteiger partial charge on any atom is 0.261 e. The Bertz CT molecular complexity index is 611. The van der Waals surface area contributed by atoms with Gasteiger partial charge in [0.05, 0.1) is 4.90 Å². The van der Waals surface area contributed by atoms with Crippen molar-refractivity contribution in [2.24, 2.45) is 0 Å². The molecule has 0 unspecified atom stereocenters. The zero-order chi connectivity index (χ0) is 14.5. The molecule has 1 atom stereocenters. The zero-order valence-electron chi connectivity index (χ0n) is 10.5. The molecule has 0 fully saturated rings. The minimum absolute atomic E-state index is 0.0201. The molecule has 102 valence electrons. The first-order chi connectivity index (χ1) is 8.90. The van der Waals surface area contributed by atoms with Crippen LogP contribution < -0.4 is 10.2 Å². The molecule has 0 radical (unpaired) electrons. The summed E-state index contributed by atoms with van der Waals surface area (Å²) in [7, 11) is -3.82. The summed E-state index contributed by atoms with van der Waals surface area (Å²) in [4.78, 5) is 11.1. The van der Waals surface area contributed by atoms with Crippen molar-refractivity contribution in [1.29, 1.82) is 0 Å². The quantitative estimate of drug-likeness (QED) is 0.418. The van der Waals surface area contributed by atoms with Crippen LogP contribution in [0.25, 0.3) is 0 Å². The van der Waals surface area contributed by atoms with E-state index in [9.17, 15) is 13.2 Å². The molecule has 0 aliphatic rings. The van der Waals surface area contributed by atoms with Gasteiger partial charge in [0.15, 0.2) is 0 Å². The number of sulfonamides is 1. The van der Waals surface area contributed by atoms with Crippen molar-refractivity contribution in [3.05, 3.63) is 29.8 Å². The molecule has 0 aliphatic carbocycles. The molecule has 1 amide bonds. The minimum Gasteiger partial charge on any atom is -0.289 e. The van der Waals surface area contributed by atoms with E-state index in [4.69, 9.17) is 5.21 Å². The summed E-state index contributed by atoms with van der Waals surface area (Å²) in [6.07, 6.45) is 0. The molecule has 0 aromatic heterocycles. The van der Waals surface area contributed by atoms with Crippen LogP contribution in [0.2, 0.25) is 0 Å². The van der Waals surface area contributed by atoms with Crippen LogP contribution in [0.5, 0.6) is 0 Å². The molecule has 0 spiro atoms. The van der Waals surface area contributed by atoms with Crippen molar-refractivity contribution in [3.63, 3.8) is 0 Å². The first-order valence-electron chi connectivity index (χ1n) is 5.40. The molecule has 0 heterocycles. The van der Waals surface area contributed by atoms with Gasteiger partial charge in [-0.25, -0.2) is 13.9 Å². The molecule has 7 heteroatoms. The second kappa shape index (κ2) is 6.33. The Morgan fingerprint density at radius 3 is 2.37 bits per heavy atom. The average Bonchev–Trinajstić information content (AvgIpc) is 2.38. The summed E-state index contributed by atoms with van der Waals surface area (Å²) in [5, 5.41) is 8.42. The third-order valence-electron chi connectivity index (χ3n) is 2.27. The number of nitrogens with one attached hydrogen (secondary N) is 2. The van der Waals surface area contributed by atoms with Crippen molar-refractivity contribution in [1.82, 2.24) is 10.2 Å². The topological polar surface area (TPSA) is 95.5 Å². The van der Waals surface area contributed by atoms with E-state index >= 15 is 0 Å². The highest BCUT2D eigenvalue weighted by Gasteiger charge is 2.21. The van der Waals surface area contributed by atoms with Gasteiger partial charge >= 0.3 is 0 Å². The van der Waals surface area contributed by atoms with E-state index < -0.39 is 22.0 Å². The van der Waals surface area contributed by atoms with Crippen LogP contribution in [0, 0.1) is 11.8 Å². The van der Waals surface area contributed by atoms with Gasteiger partial charge in [0.25, 0.3) is 5.91 Å². The molecular formula is C12H14N2O4S.